The molecule has 1 unspecified atom stereocenters. The molecule has 25 heavy (non-hydrogen) atoms. The molecular weight excluding hydrogens is 316 g/mol. The predicted molar refractivity (Wildman–Crippen MR) is 97.0 cm³/mol. The molecule has 0 aromatic heterocycles. The number of carbonyl (C=O) groups is 1. The van der Waals surface area contributed by atoms with Gasteiger partial charge in [0.05, 0.1) is 6.10 Å². The third-order valence-corrected chi connectivity index (χ3v) is 4.65. The number of aliphatic hydroxyl groups excluding tert-OH is 2. The Morgan fingerprint density at radius 3 is 2.00 bits per heavy atom. The molecule has 132 valence electrons. The van der Waals surface area contributed by atoms with Crippen molar-refractivity contribution in [2.24, 2.45) is 0 Å². The molecular formula is C20H24N2O3. The number of piperazine rings is 1. The Labute approximate surface area is 148 Å². The third kappa shape index (κ3) is 4.07. The van der Waals surface area contributed by atoms with E-state index in [0.29, 0.717) is 31.7 Å². The van der Waals surface area contributed by atoms with E-state index in [9.17, 15) is 15.0 Å². The fourth-order valence-electron chi connectivity index (χ4n) is 3.11. The van der Waals surface area contributed by atoms with Crippen LogP contribution in [-0.4, -0.2) is 64.4 Å². The second kappa shape index (κ2) is 7.78. The van der Waals surface area contributed by atoms with Gasteiger partial charge >= 0.3 is 0 Å². The third-order valence-electron chi connectivity index (χ3n) is 4.65. The van der Waals surface area contributed by atoms with Crippen molar-refractivity contribution in [1.29, 1.82) is 0 Å². The van der Waals surface area contributed by atoms with Crippen LogP contribution < -0.4 is 0 Å². The number of nitrogens with zero attached hydrogens (tertiary/aromatic N) is 2. The van der Waals surface area contributed by atoms with Crippen molar-refractivity contribution in [3.8, 4) is 11.1 Å². The summed E-state index contributed by atoms with van der Waals surface area (Å²) in [5.41, 5.74) is 2.88. The lowest BCUT2D eigenvalue weighted by Gasteiger charge is -2.38. The molecule has 5 heteroatoms. The number of benzene rings is 2. The zero-order valence-electron chi connectivity index (χ0n) is 14.4. The summed E-state index contributed by atoms with van der Waals surface area (Å²) in [5.74, 6) is 0.00537. The summed E-state index contributed by atoms with van der Waals surface area (Å²) in [6, 6.07) is 17.7. The summed E-state index contributed by atoms with van der Waals surface area (Å²) in [5, 5.41) is 19.4. The minimum Gasteiger partial charge on any atom is -0.389 e. The fraction of sp³-hybridized carbons (Fsp3) is 0.350. The van der Waals surface area contributed by atoms with Crippen LogP contribution in [0.1, 0.15) is 17.3 Å². The van der Waals surface area contributed by atoms with Crippen molar-refractivity contribution in [3.05, 3.63) is 60.2 Å². The molecule has 0 aliphatic carbocycles. The average Bonchev–Trinajstić information content (AvgIpc) is 2.67. The molecule has 1 amide bonds. The molecule has 2 aromatic carbocycles. The quantitative estimate of drug-likeness (QED) is 0.891. The van der Waals surface area contributed by atoms with Crippen molar-refractivity contribution in [1.82, 2.24) is 9.80 Å². The number of rotatable bonds is 4. The Morgan fingerprint density at radius 1 is 0.880 bits per heavy atom. The maximum Gasteiger partial charge on any atom is 0.253 e. The molecule has 1 aliphatic rings. The number of carbonyl (C=O) groups excluding carboxylic acids is 1. The minimum absolute atomic E-state index is 0.00537. The van der Waals surface area contributed by atoms with Crippen molar-refractivity contribution < 1.29 is 15.0 Å². The summed E-state index contributed by atoms with van der Waals surface area (Å²) in [7, 11) is 0. The SMILES string of the molecule is C[C@H](O)C(O)N1CCN(C(=O)c2ccc(-c3ccccc3)cc2)CC1. The molecule has 1 heterocycles. The number of hydrogen-bond donors (Lipinski definition) is 2. The van der Waals surface area contributed by atoms with Crippen LogP contribution in [-0.2, 0) is 0 Å². The molecule has 1 aliphatic heterocycles. The van der Waals surface area contributed by atoms with Crippen LogP contribution in [0.15, 0.2) is 54.6 Å². The van der Waals surface area contributed by atoms with Gasteiger partial charge < -0.3 is 15.1 Å². The van der Waals surface area contributed by atoms with Gasteiger partial charge in [-0.2, -0.15) is 0 Å². The number of hydrogen-bond acceptors (Lipinski definition) is 4. The van der Waals surface area contributed by atoms with Crippen LogP contribution >= 0.6 is 0 Å². The van der Waals surface area contributed by atoms with E-state index in [0.717, 1.165) is 11.1 Å². The highest BCUT2D eigenvalue weighted by molar-refractivity contribution is 5.94. The van der Waals surface area contributed by atoms with E-state index in [2.05, 4.69) is 0 Å². The predicted octanol–water partition coefficient (Wildman–Crippen LogP) is 1.81. The zero-order chi connectivity index (χ0) is 17.8. The lowest BCUT2D eigenvalue weighted by atomic mass is 10.0. The minimum atomic E-state index is -0.873. The van der Waals surface area contributed by atoms with Gasteiger partial charge in [0.15, 0.2) is 0 Å². The summed E-state index contributed by atoms with van der Waals surface area (Å²) in [6.07, 6.45) is -1.67. The molecule has 5 nitrogen and oxygen atoms in total. The second-order valence-corrected chi connectivity index (χ2v) is 6.43. The van der Waals surface area contributed by atoms with E-state index in [-0.39, 0.29) is 5.91 Å². The first kappa shape index (κ1) is 17.6. The molecule has 1 fully saturated rings. The molecule has 0 spiro atoms. The van der Waals surface area contributed by atoms with Crippen molar-refractivity contribution >= 4 is 5.91 Å². The van der Waals surface area contributed by atoms with Gasteiger partial charge in [-0.3, -0.25) is 9.69 Å². The van der Waals surface area contributed by atoms with E-state index in [4.69, 9.17) is 0 Å². The van der Waals surface area contributed by atoms with Gasteiger partial charge in [0, 0.05) is 31.7 Å². The van der Waals surface area contributed by atoms with E-state index in [1.807, 2.05) is 54.6 Å². The van der Waals surface area contributed by atoms with E-state index < -0.39 is 12.3 Å². The lowest BCUT2D eigenvalue weighted by Crippen LogP contribution is -2.54. The largest absolute Gasteiger partial charge is 0.389 e. The van der Waals surface area contributed by atoms with Gasteiger partial charge in [0.1, 0.15) is 6.23 Å². The Morgan fingerprint density at radius 2 is 1.44 bits per heavy atom. The molecule has 0 bridgehead atoms. The van der Waals surface area contributed by atoms with Crippen LogP contribution in [0, 0.1) is 0 Å². The Hall–Kier alpha value is -2.21. The monoisotopic (exact) mass is 340 g/mol. The Kier molecular flexibility index (Phi) is 5.48. The molecule has 0 saturated carbocycles. The molecule has 3 rings (SSSR count). The van der Waals surface area contributed by atoms with Gasteiger partial charge in [-0.05, 0) is 30.2 Å². The van der Waals surface area contributed by atoms with E-state index in [1.165, 1.54) is 0 Å². The average molecular weight is 340 g/mol. The molecule has 2 N–H and O–H groups in total. The standard InChI is InChI=1S/C20H24N2O3/c1-15(23)19(24)21-11-13-22(14-12-21)20(25)18-9-7-17(8-10-18)16-5-3-2-4-6-16/h2-10,15,19,23-24H,11-14H2,1H3/t15-,19?/m0/s1. The number of amides is 1. The Balaban J connectivity index is 1.62. The summed E-state index contributed by atoms with van der Waals surface area (Å²) < 4.78 is 0. The zero-order valence-corrected chi connectivity index (χ0v) is 14.4. The molecule has 1 saturated heterocycles. The number of aliphatic hydroxyl groups is 2. The van der Waals surface area contributed by atoms with E-state index >= 15 is 0 Å². The lowest BCUT2D eigenvalue weighted by molar-refractivity contribution is -0.0875. The molecule has 0 radical (unpaired) electrons. The van der Waals surface area contributed by atoms with Gasteiger partial charge in [-0.15, -0.1) is 0 Å². The van der Waals surface area contributed by atoms with Gasteiger partial charge in [-0.1, -0.05) is 42.5 Å². The van der Waals surface area contributed by atoms with Gasteiger partial charge in [-0.25, -0.2) is 0 Å². The molecule has 2 aromatic rings. The maximum absolute atomic E-state index is 12.7. The smallest absolute Gasteiger partial charge is 0.253 e. The van der Waals surface area contributed by atoms with Crippen LogP contribution in [0.2, 0.25) is 0 Å². The summed E-state index contributed by atoms with van der Waals surface area (Å²) in [6.45, 7) is 3.77. The highest BCUT2D eigenvalue weighted by Crippen LogP contribution is 2.20. The first-order chi connectivity index (χ1) is 12.1. The van der Waals surface area contributed by atoms with Crippen molar-refractivity contribution in [2.45, 2.75) is 19.3 Å². The highest BCUT2D eigenvalue weighted by Gasteiger charge is 2.27. The van der Waals surface area contributed by atoms with Gasteiger partial charge in [0.2, 0.25) is 0 Å². The first-order valence-corrected chi connectivity index (χ1v) is 8.61. The normalized spacial score (nSPS) is 18.0. The second-order valence-electron chi connectivity index (χ2n) is 6.43. The van der Waals surface area contributed by atoms with Crippen molar-refractivity contribution in [2.75, 3.05) is 26.2 Å². The summed E-state index contributed by atoms with van der Waals surface area (Å²) >= 11 is 0. The van der Waals surface area contributed by atoms with Crippen LogP contribution in [0.5, 0.6) is 0 Å². The highest BCUT2D eigenvalue weighted by atomic mass is 16.3. The fourth-order valence-corrected chi connectivity index (χ4v) is 3.11. The van der Waals surface area contributed by atoms with Crippen molar-refractivity contribution in [3.63, 3.8) is 0 Å². The van der Waals surface area contributed by atoms with Crippen LogP contribution in [0.4, 0.5) is 0 Å². The maximum atomic E-state index is 12.7. The first-order valence-electron chi connectivity index (χ1n) is 8.61. The summed E-state index contributed by atoms with van der Waals surface area (Å²) in [4.78, 5) is 16.2. The van der Waals surface area contributed by atoms with Crippen LogP contribution in [0.25, 0.3) is 11.1 Å². The Bertz CT molecular complexity index is 693. The van der Waals surface area contributed by atoms with Crippen LogP contribution in [0.3, 0.4) is 0 Å². The van der Waals surface area contributed by atoms with Gasteiger partial charge in [0.25, 0.3) is 5.91 Å². The van der Waals surface area contributed by atoms with E-state index in [1.54, 1.807) is 16.7 Å². The molecule has 2 atom stereocenters. The topological polar surface area (TPSA) is 64.0 Å².